The molecule has 0 saturated carbocycles. The molecule has 0 saturated heterocycles. The number of cyclic esters (lactones) is 1. The topological polar surface area (TPSA) is 57.1 Å². The summed E-state index contributed by atoms with van der Waals surface area (Å²) in [6.07, 6.45) is 1.66. The van der Waals surface area contributed by atoms with Crippen molar-refractivity contribution in [2.24, 2.45) is 4.99 Å². The van der Waals surface area contributed by atoms with Gasteiger partial charge < -0.3 is 14.2 Å². The molecule has 0 unspecified atom stereocenters. The van der Waals surface area contributed by atoms with E-state index < -0.39 is 5.97 Å². The standard InChI is InChI=1S/C19H17NO4/c1-12-4-7-14(8-5-12)18-20-15(19(21)24-18)10-13-6-9-16(22-2)17(11-13)23-3/h4-11H,1-3H3. The second-order valence-electron chi connectivity index (χ2n) is 5.32. The van der Waals surface area contributed by atoms with Gasteiger partial charge in [-0.15, -0.1) is 0 Å². The van der Waals surface area contributed by atoms with E-state index >= 15 is 0 Å². The molecule has 0 fully saturated rings. The summed E-state index contributed by atoms with van der Waals surface area (Å²) >= 11 is 0. The number of carbonyl (C=O) groups is 1. The van der Waals surface area contributed by atoms with Gasteiger partial charge in [-0.05, 0) is 42.8 Å². The van der Waals surface area contributed by atoms with Crippen LogP contribution >= 0.6 is 0 Å². The van der Waals surface area contributed by atoms with Crippen molar-refractivity contribution in [1.29, 1.82) is 0 Å². The lowest BCUT2D eigenvalue weighted by molar-refractivity contribution is -0.129. The molecule has 2 aromatic rings. The number of esters is 1. The molecule has 1 aliphatic rings. The number of nitrogens with zero attached hydrogens (tertiary/aromatic N) is 1. The van der Waals surface area contributed by atoms with E-state index in [4.69, 9.17) is 14.2 Å². The number of hydrogen-bond donors (Lipinski definition) is 0. The van der Waals surface area contributed by atoms with Crippen LogP contribution < -0.4 is 9.47 Å². The largest absolute Gasteiger partial charge is 0.493 e. The summed E-state index contributed by atoms with van der Waals surface area (Å²) in [5, 5.41) is 0. The highest BCUT2D eigenvalue weighted by atomic mass is 16.6. The highest BCUT2D eigenvalue weighted by Crippen LogP contribution is 2.29. The van der Waals surface area contributed by atoms with Gasteiger partial charge in [-0.1, -0.05) is 23.8 Å². The van der Waals surface area contributed by atoms with Gasteiger partial charge in [-0.2, -0.15) is 0 Å². The van der Waals surface area contributed by atoms with Crippen LogP contribution in [-0.4, -0.2) is 26.1 Å². The minimum absolute atomic E-state index is 0.248. The Morgan fingerprint density at radius 2 is 1.71 bits per heavy atom. The number of hydrogen-bond acceptors (Lipinski definition) is 5. The van der Waals surface area contributed by atoms with Crippen LogP contribution in [0.5, 0.6) is 11.5 Å². The van der Waals surface area contributed by atoms with Crippen LogP contribution in [0.25, 0.3) is 6.08 Å². The molecule has 5 heteroatoms. The van der Waals surface area contributed by atoms with E-state index in [1.54, 1.807) is 32.4 Å². The molecule has 3 rings (SSSR count). The highest BCUT2D eigenvalue weighted by Gasteiger charge is 2.24. The number of carbonyl (C=O) groups excluding carboxylic acids is 1. The summed E-state index contributed by atoms with van der Waals surface area (Å²) in [5.41, 5.74) is 2.92. The van der Waals surface area contributed by atoms with Crippen LogP contribution in [0.3, 0.4) is 0 Å². The molecule has 0 aliphatic carbocycles. The zero-order valence-corrected chi connectivity index (χ0v) is 13.7. The minimum atomic E-state index is -0.472. The zero-order valence-electron chi connectivity index (χ0n) is 13.7. The van der Waals surface area contributed by atoms with Crippen molar-refractivity contribution in [3.63, 3.8) is 0 Å². The first-order chi connectivity index (χ1) is 11.6. The van der Waals surface area contributed by atoms with Crippen molar-refractivity contribution in [1.82, 2.24) is 0 Å². The molecular weight excluding hydrogens is 306 g/mol. The van der Waals surface area contributed by atoms with Gasteiger partial charge in [-0.3, -0.25) is 0 Å². The van der Waals surface area contributed by atoms with Crippen molar-refractivity contribution >= 4 is 17.9 Å². The van der Waals surface area contributed by atoms with Crippen LogP contribution in [0.15, 0.2) is 53.2 Å². The molecule has 0 aromatic heterocycles. The van der Waals surface area contributed by atoms with Crippen molar-refractivity contribution in [3.8, 4) is 11.5 Å². The summed E-state index contributed by atoms with van der Waals surface area (Å²) in [6, 6.07) is 13.0. The predicted octanol–water partition coefficient (Wildman–Crippen LogP) is 3.36. The number of aliphatic imine (C=N–C) groups is 1. The summed E-state index contributed by atoms with van der Waals surface area (Å²) in [7, 11) is 3.13. The SMILES string of the molecule is COc1ccc(C=C2N=C(c3ccc(C)cc3)OC2=O)cc1OC. The van der Waals surface area contributed by atoms with E-state index in [-0.39, 0.29) is 5.70 Å². The fraction of sp³-hybridized carbons (Fsp3) is 0.158. The summed E-state index contributed by atoms with van der Waals surface area (Å²) in [5.74, 6) is 1.05. The highest BCUT2D eigenvalue weighted by molar-refractivity contribution is 6.12. The summed E-state index contributed by atoms with van der Waals surface area (Å²) in [6.45, 7) is 1.99. The zero-order chi connectivity index (χ0) is 17.1. The second-order valence-corrected chi connectivity index (χ2v) is 5.32. The third kappa shape index (κ3) is 3.15. The van der Waals surface area contributed by atoms with E-state index in [0.29, 0.717) is 17.4 Å². The van der Waals surface area contributed by atoms with E-state index in [2.05, 4.69) is 4.99 Å². The molecule has 0 bridgehead atoms. The van der Waals surface area contributed by atoms with Crippen molar-refractivity contribution in [3.05, 3.63) is 64.9 Å². The molecule has 0 spiro atoms. The molecule has 24 heavy (non-hydrogen) atoms. The summed E-state index contributed by atoms with van der Waals surface area (Å²) in [4.78, 5) is 16.3. The van der Waals surface area contributed by atoms with Gasteiger partial charge >= 0.3 is 5.97 Å². The fourth-order valence-electron chi connectivity index (χ4n) is 2.33. The number of rotatable bonds is 4. The monoisotopic (exact) mass is 323 g/mol. The fourth-order valence-corrected chi connectivity index (χ4v) is 2.33. The number of methoxy groups -OCH3 is 2. The Morgan fingerprint density at radius 1 is 1.00 bits per heavy atom. The molecule has 5 nitrogen and oxygen atoms in total. The van der Waals surface area contributed by atoms with Crippen molar-refractivity contribution in [2.75, 3.05) is 14.2 Å². The average Bonchev–Trinajstić information content (AvgIpc) is 2.96. The lowest BCUT2D eigenvalue weighted by Gasteiger charge is -2.07. The quantitative estimate of drug-likeness (QED) is 0.639. The molecule has 0 atom stereocenters. The van der Waals surface area contributed by atoms with Crippen LogP contribution in [-0.2, 0) is 9.53 Å². The van der Waals surface area contributed by atoms with Gasteiger partial charge in [0.05, 0.1) is 14.2 Å². The number of benzene rings is 2. The van der Waals surface area contributed by atoms with Gasteiger partial charge in [0.2, 0.25) is 5.90 Å². The first-order valence-electron chi connectivity index (χ1n) is 7.42. The van der Waals surface area contributed by atoms with Gasteiger partial charge in [0.25, 0.3) is 0 Å². The first kappa shape index (κ1) is 15.8. The molecule has 1 heterocycles. The second kappa shape index (κ2) is 6.58. The predicted molar refractivity (Wildman–Crippen MR) is 91.3 cm³/mol. The van der Waals surface area contributed by atoms with Gasteiger partial charge in [-0.25, -0.2) is 9.79 Å². The molecular formula is C19H17NO4. The Balaban J connectivity index is 1.92. The number of aryl methyl sites for hydroxylation is 1. The van der Waals surface area contributed by atoms with Crippen LogP contribution in [0, 0.1) is 6.92 Å². The van der Waals surface area contributed by atoms with E-state index in [1.165, 1.54) is 0 Å². The molecule has 0 N–H and O–H groups in total. The Kier molecular flexibility index (Phi) is 4.33. The van der Waals surface area contributed by atoms with Crippen molar-refractivity contribution in [2.45, 2.75) is 6.92 Å². The van der Waals surface area contributed by atoms with E-state index in [9.17, 15) is 4.79 Å². The molecule has 122 valence electrons. The first-order valence-corrected chi connectivity index (χ1v) is 7.42. The Morgan fingerprint density at radius 3 is 2.38 bits per heavy atom. The third-order valence-corrected chi connectivity index (χ3v) is 3.63. The Labute approximate surface area is 140 Å². The normalized spacial score (nSPS) is 15.2. The smallest absolute Gasteiger partial charge is 0.363 e. The molecule has 1 aliphatic heterocycles. The molecule has 0 amide bonds. The third-order valence-electron chi connectivity index (χ3n) is 3.63. The van der Waals surface area contributed by atoms with Crippen LogP contribution in [0.4, 0.5) is 0 Å². The Bertz CT molecular complexity index is 835. The summed E-state index contributed by atoms with van der Waals surface area (Å²) < 4.78 is 15.7. The maximum Gasteiger partial charge on any atom is 0.363 e. The van der Waals surface area contributed by atoms with Crippen molar-refractivity contribution < 1.29 is 19.0 Å². The molecule has 2 aromatic carbocycles. The van der Waals surface area contributed by atoms with E-state index in [0.717, 1.165) is 16.7 Å². The maximum absolute atomic E-state index is 12.0. The Hall–Kier alpha value is -3.08. The molecule has 0 radical (unpaired) electrons. The van der Waals surface area contributed by atoms with Gasteiger partial charge in [0.15, 0.2) is 17.2 Å². The van der Waals surface area contributed by atoms with Crippen LogP contribution in [0.2, 0.25) is 0 Å². The van der Waals surface area contributed by atoms with Gasteiger partial charge in [0, 0.05) is 5.56 Å². The minimum Gasteiger partial charge on any atom is -0.493 e. The van der Waals surface area contributed by atoms with Gasteiger partial charge in [0.1, 0.15) is 0 Å². The van der Waals surface area contributed by atoms with Crippen LogP contribution in [0.1, 0.15) is 16.7 Å². The maximum atomic E-state index is 12.0. The average molecular weight is 323 g/mol. The van der Waals surface area contributed by atoms with E-state index in [1.807, 2.05) is 37.3 Å². The lowest BCUT2D eigenvalue weighted by Crippen LogP contribution is -2.05. The number of ether oxygens (including phenoxy) is 3. The lowest BCUT2D eigenvalue weighted by atomic mass is 10.1.